The fourth-order valence-electron chi connectivity index (χ4n) is 9.45. The molecule has 0 fully saturated rings. The van der Waals surface area contributed by atoms with Gasteiger partial charge in [0, 0.05) is 51.1 Å². The van der Waals surface area contributed by atoms with E-state index in [1.807, 2.05) is 127 Å². The van der Waals surface area contributed by atoms with Crippen LogP contribution in [0.25, 0.3) is 89.0 Å². The second kappa shape index (κ2) is 29.3. The van der Waals surface area contributed by atoms with Crippen molar-refractivity contribution in [1.29, 1.82) is 0 Å². The number of para-hydroxylation sites is 3. The van der Waals surface area contributed by atoms with Gasteiger partial charge in [0.05, 0.1) is 30.3 Å². The smallest absolute Gasteiger partial charge is 0.535 e. The molecule has 0 aliphatic rings. The number of ether oxygens (including phenoxy) is 3. The van der Waals surface area contributed by atoms with Crippen LogP contribution < -0.4 is 18.9 Å². The van der Waals surface area contributed by atoms with E-state index in [0.29, 0.717) is 41.8 Å². The summed E-state index contributed by atoms with van der Waals surface area (Å²) < 4.78 is 79.4. The minimum absolute atomic E-state index is 0. The second-order valence-corrected chi connectivity index (χ2v) is 19.9. The molecule has 11 rings (SSSR count). The van der Waals surface area contributed by atoms with Crippen LogP contribution in [-0.4, -0.2) is 34.0 Å². The van der Waals surface area contributed by atoms with Gasteiger partial charge in [-0.15, -0.1) is 0 Å². The van der Waals surface area contributed by atoms with E-state index in [-0.39, 0.29) is 34.9 Å². The summed E-state index contributed by atoms with van der Waals surface area (Å²) in [6.07, 6.45) is 0. The Labute approximate surface area is 501 Å². The van der Waals surface area contributed by atoms with Crippen molar-refractivity contribution in [1.82, 2.24) is 0 Å². The summed E-state index contributed by atoms with van der Waals surface area (Å²) in [5.74, 6) is -0.511. The van der Waals surface area contributed by atoms with Gasteiger partial charge in [0.15, 0.2) is 5.75 Å². The molecule has 0 bridgehead atoms. The number of hydrogen-bond donors (Lipinski definition) is 1. The number of halogens is 6. The Morgan fingerprint density at radius 3 is 0.952 bits per heavy atom. The van der Waals surface area contributed by atoms with Crippen LogP contribution in [0.1, 0.15) is 14.9 Å². The van der Waals surface area contributed by atoms with E-state index >= 15 is 8.78 Å². The molecule has 11 aromatic carbocycles. The minimum Gasteiger partial charge on any atom is -0.535 e. The van der Waals surface area contributed by atoms with E-state index in [1.54, 1.807) is 45.6 Å². The molecule has 0 saturated carbocycles. The third-order valence-electron chi connectivity index (χ3n) is 13.2. The number of methoxy groups -OCH3 is 3. The lowest BCUT2D eigenvalue weighted by Crippen LogP contribution is -2.02. The van der Waals surface area contributed by atoms with Crippen LogP contribution in [0, 0.1) is 23.3 Å². The Kier molecular flexibility index (Phi) is 21.9. The molecule has 0 spiro atoms. The van der Waals surface area contributed by atoms with Gasteiger partial charge in [0.1, 0.15) is 40.5 Å². The molecule has 0 amide bonds. The van der Waals surface area contributed by atoms with Crippen molar-refractivity contribution < 1.29 is 41.5 Å². The zero-order valence-electron chi connectivity index (χ0n) is 44.0. The standard InChI is InChI=1S/C44H32F2O2.C19H16BO3.C6H2Br2F2.2CH4/c1-47-43-35(33-19-9-17-31(25-33)29-13-5-3-6-14-29)21-11-23-37(43)39-27-40(42(46)28-41(39)45)38-24-12-22-36(44(38)48-2)34-20-10-18-32(26-34)30-15-7-4-8-16-30;1-22-19-17(11-6-12-18(19)23-20-21)16-10-5-9-15(13-16)14-7-3-2-4-8-14;7-3-1-4(8)6(10)2-5(3)9;;/h3-28H,1-2H3;2-13,21H,1H3;1-2H;2*1H4. The monoisotopic (exact) mass is 1240 g/mol. The SMILES string of the molecule is C.C.COc1c(-c2cccc(-c3ccccc3)c2)cccc1-c1cc(-c2cccc(-c3cccc(-c4ccccc4)c3)c2OC)c(F)cc1F.COc1c(O[B]O)cccc1-c1cccc(-c2ccccc2)c1.Fc1cc(F)c(Br)cc1Br. The molecule has 0 aliphatic carbocycles. The average molecular weight is 1240 g/mol. The van der Waals surface area contributed by atoms with Crippen molar-refractivity contribution in [3.8, 4) is 112 Å². The van der Waals surface area contributed by atoms with E-state index < -0.39 is 23.3 Å². The van der Waals surface area contributed by atoms with Crippen LogP contribution in [0.4, 0.5) is 17.6 Å². The summed E-state index contributed by atoms with van der Waals surface area (Å²) in [5, 5.41) is 8.89. The van der Waals surface area contributed by atoms with Gasteiger partial charge in [0.2, 0.25) is 0 Å². The van der Waals surface area contributed by atoms with Gasteiger partial charge in [-0.2, -0.15) is 0 Å². The van der Waals surface area contributed by atoms with E-state index in [4.69, 9.17) is 23.9 Å². The number of rotatable bonds is 13. The quantitative estimate of drug-likeness (QED) is 0.0708. The molecule has 417 valence electrons. The van der Waals surface area contributed by atoms with E-state index in [2.05, 4.69) is 105 Å². The molecule has 5 nitrogen and oxygen atoms in total. The first-order chi connectivity index (χ1) is 39.5. The van der Waals surface area contributed by atoms with Gasteiger partial charge in [0.25, 0.3) is 0 Å². The summed E-state index contributed by atoms with van der Waals surface area (Å²) in [5.41, 5.74) is 13.4. The number of hydrogen-bond acceptors (Lipinski definition) is 5. The molecule has 0 heterocycles. The second-order valence-electron chi connectivity index (χ2n) is 18.2. The lowest BCUT2D eigenvalue weighted by molar-refractivity contribution is 0.383. The van der Waals surface area contributed by atoms with Gasteiger partial charge in [-0.1, -0.05) is 209 Å². The van der Waals surface area contributed by atoms with Crippen molar-refractivity contribution in [3.63, 3.8) is 0 Å². The van der Waals surface area contributed by atoms with E-state index in [0.717, 1.165) is 78.9 Å². The summed E-state index contributed by atoms with van der Waals surface area (Å²) in [4.78, 5) is 0. The first kappa shape index (κ1) is 61.9. The van der Waals surface area contributed by atoms with Crippen molar-refractivity contribution in [2.24, 2.45) is 0 Å². The molecule has 0 saturated heterocycles. The topological polar surface area (TPSA) is 57.2 Å². The molecule has 12 heteroatoms. The van der Waals surface area contributed by atoms with Gasteiger partial charge < -0.3 is 23.9 Å². The predicted octanol–water partition coefficient (Wildman–Crippen LogP) is 20.7. The normalized spacial score (nSPS) is 10.3. The number of benzene rings is 11. The van der Waals surface area contributed by atoms with Crippen LogP contribution in [0.2, 0.25) is 0 Å². The predicted molar refractivity (Wildman–Crippen MR) is 340 cm³/mol. The Hall–Kier alpha value is -8.68. The highest BCUT2D eigenvalue weighted by molar-refractivity contribution is 9.11. The molecule has 0 unspecified atom stereocenters. The van der Waals surface area contributed by atoms with Gasteiger partial charge in [-0.3, -0.25) is 0 Å². The zero-order valence-corrected chi connectivity index (χ0v) is 47.2. The average Bonchev–Trinajstić information content (AvgIpc) is 3.53. The van der Waals surface area contributed by atoms with Gasteiger partial charge in [-0.05, 0) is 118 Å². The summed E-state index contributed by atoms with van der Waals surface area (Å²) in [6, 6.07) is 76.4. The minimum atomic E-state index is -0.685. The molecule has 0 aliphatic heterocycles. The Morgan fingerprint density at radius 2 is 0.602 bits per heavy atom. The first-order valence-corrected chi connectivity index (χ1v) is 27.0. The lowest BCUT2D eigenvalue weighted by Gasteiger charge is -2.18. The first-order valence-electron chi connectivity index (χ1n) is 25.4. The van der Waals surface area contributed by atoms with E-state index in [9.17, 15) is 8.78 Å². The van der Waals surface area contributed by atoms with Crippen LogP contribution >= 0.6 is 31.9 Å². The maximum atomic E-state index is 15.8. The Bertz CT molecular complexity index is 3740. The molecule has 0 aromatic heterocycles. The highest BCUT2D eigenvalue weighted by atomic mass is 79.9. The van der Waals surface area contributed by atoms with Gasteiger partial charge >= 0.3 is 7.69 Å². The third kappa shape index (κ3) is 14.5. The summed E-state index contributed by atoms with van der Waals surface area (Å²) >= 11 is 5.82. The molecule has 1 radical (unpaired) electrons. The van der Waals surface area contributed by atoms with Crippen molar-refractivity contribution in [3.05, 3.63) is 275 Å². The van der Waals surface area contributed by atoms with Crippen molar-refractivity contribution in [2.75, 3.05) is 21.3 Å². The Morgan fingerprint density at radius 1 is 0.301 bits per heavy atom. The third-order valence-corrected chi connectivity index (χ3v) is 14.5. The van der Waals surface area contributed by atoms with Gasteiger partial charge in [-0.25, -0.2) is 17.6 Å². The molecule has 83 heavy (non-hydrogen) atoms. The molecule has 11 aromatic rings. The summed E-state index contributed by atoms with van der Waals surface area (Å²) in [7, 11) is 5.38. The van der Waals surface area contributed by atoms with Crippen LogP contribution in [-0.2, 0) is 0 Å². The largest absolute Gasteiger partial charge is 0.569 e. The highest BCUT2D eigenvalue weighted by Gasteiger charge is 2.22. The molecule has 0 atom stereocenters. The lowest BCUT2D eigenvalue weighted by atomic mass is 9.91. The van der Waals surface area contributed by atoms with E-state index in [1.165, 1.54) is 6.07 Å². The van der Waals surface area contributed by atoms with Crippen molar-refractivity contribution >= 4 is 39.5 Å². The molecular weight excluding hydrogens is 1180 g/mol. The van der Waals surface area contributed by atoms with Crippen molar-refractivity contribution in [2.45, 2.75) is 14.9 Å². The van der Waals surface area contributed by atoms with Crippen LogP contribution in [0.15, 0.2) is 252 Å². The zero-order chi connectivity index (χ0) is 56.8. The molecule has 1 N–H and O–H groups in total. The summed E-state index contributed by atoms with van der Waals surface area (Å²) in [6.45, 7) is 0. The highest BCUT2D eigenvalue weighted by Crippen LogP contribution is 2.46. The fourth-order valence-corrected chi connectivity index (χ4v) is 10.4. The van der Waals surface area contributed by atoms with Crippen LogP contribution in [0.5, 0.6) is 23.0 Å². The fraction of sp³-hybridized carbons (Fsp3) is 0.0704. The maximum Gasteiger partial charge on any atom is 0.569 e. The molecular formula is C71H58BBr2F4O5. The van der Waals surface area contributed by atoms with Crippen LogP contribution in [0.3, 0.4) is 0 Å². The maximum absolute atomic E-state index is 15.8. The Balaban J connectivity index is 0.000000233.